The Morgan fingerprint density at radius 1 is 1.11 bits per heavy atom. The van der Waals surface area contributed by atoms with Gasteiger partial charge in [-0.05, 0) is 44.2 Å². The number of rotatable bonds is 5. The zero-order valence-electron chi connectivity index (χ0n) is 15.5. The van der Waals surface area contributed by atoms with E-state index in [0.29, 0.717) is 25.9 Å². The zero-order valence-corrected chi connectivity index (χ0v) is 16.3. The van der Waals surface area contributed by atoms with Gasteiger partial charge in [0.25, 0.3) is 0 Å². The lowest BCUT2D eigenvalue weighted by molar-refractivity contribution is -0.143. The molecule has 0 unspecified atom stereocenters. The lowest BCUT2D eigenvalue weighted by atomic mass is 9.92. The average Bonchev–Trinajstić information content (AvgIpc) is 3.26. The fourth-order valence-electron chi connectivity index (χ4n) is 4.10. The molecule has 0 aromatic heterocycles. The molecule has 3 atom stereocenters. The molecule has 1 aliphatic heterocycles. The van der Waals surface area contributed by atoms with E-state index in [9.17, 15) is 23.3 Å². The van der Waals surface area contributed by atoms with E-state index in [1.165, 1.54) is 0 Å². The number of amides is 2. The second kappa shape index (κ2) is 6.89. The van der Waals surface area contributed by atoms with Crippen molar-refractivity contribution in [3.8, 4) is 6.07 Å². The minimum atomic E-state index is -3.64. The molecule has 4 rings (SSSR count). The molecule has 1 aromatic rings. The number of nitrogens with one attached hydrogen (secondary N) is 1. The van der Waals surface area contributed by atoms with Gasteiger partial charge in [-0.15, -0.1) is 0 Å². The molecule has 8 heteroatoms. The third-order valence-electron chi connectivity index (χ3n) is 6.18. The van der Waals surface area contributed by atoms with Crippen LogP contribution in [0.5, 0.6) is 0 Å². The Balaban J connectivity index is 1.59. The average molecular weight is 401 g/mol. The topological polar surface area (TPSA) is 107 Å². The van der Waals surface area contributed by atoms with E-state index >= 15 is 0 Å². The summed E-state index contributed by atoms with van der Waals surface area (Å²) in [6, 6.07) is 10.3. The quantitative estimate of drug-likeness (QED) is 0.799. The molecule has 7 nitrogen and oxygen atoms in total. The van der Waals surface area contributed by atoms with Crippen molar-refractivity contribution in [3.63, 3.8) is 0 Å². The van der Waals surface area contributed by atoms with E-state index in [1.807, 2.05) is 0 Å². The lowest BCUT2D eigenvalue weighted by Gasteiger charge is -2.34. The van der Waals surface area contributed by atoms with Crippen molar-refractivity contribution in [2.45, 2.75) is 47.8 Å². The molecule has 0 bridgehead atoms. The molecule has 2 aliphatic carbocycles. The molecule has 28 heavy (non-hydrogen) atoms. The summed E-state index contributed by atoms with van der Waals surface area (Å²) in [5.41, 5.74) is -0.835. The summed E-state index contributed by atoms with van der Waals surface area (Å²) in [6.45, 7) is 1.31. The Hall–Kier alpha value is -2.40. The van der Waals surface area contributed by atoms with Crippen molar-refractivity contribution in [1.82, 2.24) is 10.2 Å². The molecular weight excluding hydrogens is 378 g/mol. The summed E-state index contributed by atoms with van der Waals surface area (Å²) in [7, 11) is -3.64. The van der Waals surface area contributed by atoms with Crippen molar-refractivity contribution in [2.75, 3.05) is 13.1 Å². The summed E-state index contributed by atoms with van der Waals surface area (Å²) in [6.07, 6.45) is 2.37. The number of hydrogen-bond acceptors (Lipinski definition) is 5. The minimum absolute atomic E-state index is 0.106. The molecule has 1 aromatic carbocycles. The second-order valence-corrected chi connectivity index (χ2v) is 10.3. The first-order valence-electron chi connectivity index (χ1n) is 9.67. The number of likely N-dealkylation sites (tertiary alicyclic amines) is 1. The van der Waals surface area contributed by atoms with E-state index in [2.05, 4.69) is 11.4 Å². The van der Waals surface area contributed by atoms with Gasteiger partial charge >= 0.3 is 0 Å². The minimum Gasteiger partial charge on any atom is -0.342 e. The van der Waals surface area contributed by atoms with Crippen molar-refractivity contribution < 1.29 is 18.0 Å². The normalized spacial score (nSPS) is 28.1. The van der Waals surface area contributed by atoms with E-state index in [1.54, 1.807) is 35.2 Å². The summed E-state index contributed by atoms with van der Waals surface area (Å²) < 4.78 is 26.1. The summed E-state index contributed by atoms with van der Waals surface area (Å²) >= 11 is 0. The maximum Gasteiger partial charge on any atom is 0.226 e. The first-order valence-corrected chi connectivity index (χ1v) is 11.2. The summed E-state index contributed by atoms with van der Waals surface area (Å²) in [4.78, 5) is 27.7. The highest BCUT2D eigenvalue weighted by Gasteiger charge is 2.52. The van der Waals surface area contributed by atoms with Crippen LogP contribution in [0.4, 0.5) is 0 Å². The van der Waals surface area contributed by atoms with Gasteiger partial charge in [0, 0.05) is 13.1 Å². The number of hydrogen-bond donors (Lipinski definition) is 1. The number of carbonyl (C=O) groups is 2. The molecule has 1 saturated heterocycles. The molecule has 0 radical (unpaired) electrons. The lowest BCUT2D eigenvalue weighted by Crippen LogP contribution is -2.49. The smallest absolute Gasteiger partial charge is 0.226 e. The maximum absolute atomic E-state index is 13.1. The van der Waals surface area contributed by atoms with Crippen LogP contribution in [0.15, 0.2) is 35.2 Å². The van der Waals surface area contributed by atoms with Gasteiger partial charge in [-0.1, -0.05) is 18.2 Å². The van der Waals surface area contributed by atoms with E-state index < -0.39 is 32.5 Å². The number of carbonyl (C=O) groups excluding carboxylic acids is 2. The van der Waals surface area contributed by atoms with Gasteiger partial charge in [-0.2, -0.15) is 5.26 Å². The largest absolute Gasteiger partial charge is 0.342 e. The van der Waals surface area contributed by atoms with Gasteiger partial charge in [-0.25, -0.2) is 8.42 Å². The highest BCUT2D eigenvalue weighted by molar-refractivity contribution is 7.92. The van der Waals surface area contributed by atoms with Crippen LogP contribution < -0.4 is 5.32 Å². The van der Waals surface area contributed by atoms with Crippen LogP contribution in [-0.2, 0) is 19.4 Å². The Kier molecular flexibility index (Phi) is 4.66. The fraction of sp³-hybridized carbons (Fsp3) is 0.550. The predicted molar refractivity (Wildman–Crippen MR) is 101 cm³/mol. The van der Waals surface area contributed by atoms with Gasteiger partial charge in [-0.3, -0.25) is 9.59 Å². The van der Waals surface area contributed by atoms with Crippen LogP contribution in [0.3, 0.4) is 0 Å². The van der Waals surface area contributed by atoms with E-state index in [-0.39, 0.29) is 29.6 Å². The number of nitrogens with zero attached hydrogens (tertiary/aromatic N) is 2. The van der Waals surface area contributed by atoms with Gasteiger partial charge in [0.15, 0.2) is 9.84 Å². The summed E-state index contributed by atoms with van der Waals surface area (Å²) in [5, 5.41) is 11.2. The maximum atomic E-state index is 13.1. The van der Waals surface area contributed by atoms with E-state index in [0.717, 1.165) is 6.42 Å². The van der Waals surface area contributed by atoms with E-state index in [4.69, 9.17) is 0 Å². The Bertz CT molecular complexity index is 930. The monoisotopic (exact) mass is 401 g/mol. The zero-order chi connectivity index (χ0) is 19.9. The predicted octanol–water partition coefficient (Wildman–Crippen LogP) is 1.26. The first kappa shape index (κ1) is 18.9. The SMILES string of the molecule is N#CC1(NC(=O)[C@@H]2C[C@@H](S(=O)(=O)c3ccccc3)C[C@H]2C(=O)N2CCC2)CC1. The Labute approximate surface area is 164 Å². The molecule has 2 amide bonds. The van der Waals surface area contributed by atoms with Gasteiger partial charge < -0.3 is 10.2 Å². The standard InChI is InChI=1S/C20H23N3O4S/c21-13-20(7-8-20)22-18(24)16-11-15(12-17(16)19(25)23-9-4-10-23)28(26,27)14-5-2-1-3-6-14/h1-3,5-6,15-17H,4,7-12H2,(H,22,24)/t15-,16-,17-/m1/s1. The van der Waals surface area contributed by atoms with Crippen LogP contribution in [0.2, 0.25) is 0 Å². The van der Waals surface area contributed by atoms with Crippen LogP contribution in [0.25, 0.3) is 0 Å². The van der Waals surface area contributed by atoms with Crippen LogP contribution >= 0.6 is 0 Å². The molecule has 1 heterocycles. The summed E-state index contributed by atoms with van der Waals surface area (Å²) in [5.74, 6) is -1.89. The van der Waals surface area contributed by atoms with Gasteiger partial charge in [0.05, 0.1) is 28.1 Å². The van der Waals surface area contributed by atoms with Crippen molar-refractivity contribution >= 4 is 21.7 Å². The van der Waals surface area contributed by atoms with Crippen molar-refractivity contribution in [2.24, 2.45) is 11.8 Å². The Morgan fingerprint density at radius 3 is 2.29 bits per heavy atom. The Morgan fingerprint density at radius 2 is 1.75 bits per heavy atom. The second-order valence-electron chi connectivity index (χ2n) is 8.03. The first-order chi connectivity index (χ1) is 13.4. The molecule has 3 aliphatic rings. The third-order valence-corrected chi connectivity index (χ3v) is 8.37. The van der Waals surface area contributed by atoms with Gasteiger partial charge in [0.1, 0.15) is 5.54 Å². The number of benzene rings is 1. The highest BCUT2D eigenvalue weighted by atomic mass is 32.2. The van der Waals surface area contributed by atoms with Crippen LogP contribution in [0, 0.1) is 23.2 Å². The fourth-order valence-corrected chi connectivity index (χ4v) is 5.94. The third kappa shape index (κ3) is 3.28. The number of sulfone groups is 1. The van der Waals surface area contributed by atoms with Crippen LogP contribution in [-0.4, -0.2) is 49.0 Å². The number of nitriles is 1. The van der Waals surface area contributed by atoms with Crippen LogP contribution in [0.1, 0.15) is 32.1 Å². The molecular formula is C20H23N3O4S. The van der Waals surface area contributed by atoms with Gasteiger partial charge in [0.2, 0.25) is 11.8 Å². The highest BCUT2D eigenvalue weighted by Crippen LogP contribution is 2.42. The van der Waals surface area contributed by atoms with Crippen molar-refractivity contribution in [3.05, 3.63) is 30.3 Å². The molecule has 148 valence electrons. The molecule has 3 fully saturated rings. The molecule has 2 saturated carbocycles. The van der Waals surface area contributed by atoms with Crippen molar-refractivity contribution in [1.29, 1.82) is 5.26 Å². The molecule has 0 spiro atoms. The molecule has 1 N–H and O–H groups in total.